The molecule has 0 radical (unpaired) electrons. The average Bonchev–Trinajstić information content (AvgIpc) is 2.67. The Balaban J connectivity index is 1.93. The van der Waals surface area contributed by atoms with Crippen molar-refractivity contribution in [3.63, 3.8) is 0 Å². The minimum atomic E-state index is -0.584. The largest absolute Gasteiger partial charge is 0.341 e. The molecule has 5 nitrogen and oxygen atoms in total. The van der Waals surface area contributed by atoms with E-state index in [4.69, 9.17) is 11.6 Å². The van der Waals surface area contributed by atoms with Crippen molar-refractivity contribution < 1.29 is 14.1 Å². The zero-order chi connectivity index (χ0) is 19.4. The Morgan fingerprint density at radius 2 is 1.63 bits per heavy atom. The molecule has 3 aromatic carbocycles. The van der Waals surface area contributed by atoms with Crippen LogP contribution in [-0.2, 0) is 0 Å². The van der Waals surface area contributed by atoms with Crippen molar-refractivity contribution in [2.24, 2.45) is 0 Å². The van der Waals surface area contributed by atoms with E-state index >= 15 is 0 Å². The standard InChI is InChI=1S/C20H14ClFN2O3/c21-18-12-16(24(26)27)10-11-17(18)20(25)23-19(13-4-2-1-3-5-13)14-6-8-15(22)9-7-14/h1-12,19H,(H,23,25). The number of carbonyl (C=O) groups is 1. The SMILES string of the molecule is O=C(NC(c1ccccc1)c1ccc(F)cc1)c1ccc([N+](=O)[O-])cc1Cl. The fraction of sp³-hybridized carbons (Fsp3) is 0.0500. The van der Waals surface area contributed by atoms with Crippen LogP contribution in [0, 0.1) is 15.9 Å². The highest BCUT2D eigenvalue weighted by Crippen LogP contribution is 2.26. The molecule has 0 fully saturated rings. The summed E-state index contributed by atoms with van der Waals surface area (Å²) in [6, 6.07) is 18.1. The monoisotopic (exact) mass is 384 g/mol. The third-order valence-electron chi connectivity index (χ3n) is 4.02. The number of rotatable bonds is 5. The summed E-state index contributed by atoms with van der Waals surface area (Å²) in [5.41, 5.74) is 1.41. The van der Waals surface area contributed by atoms with Crippen molar-refractivity contribution in [3.05, 3.63) is 110 Å². The van der Waals surface area contributed by atoms with Crippen LogP contribution in [0.4, 0.5) is 10.1 Å². The topological polar surface area (TPSA) is 72.2 Å². The van der Waals surface area contributed by atoms with Crippen molar-refractivity contribution >= 4 is 23.2 Å². The van der Waals surface area contributed by atoms with Gasteiger partial charge in [0, 0.05) is 12.1 Å². The molecule has 3 aromatic rings. The average molecular weight is 385 g/mol. The van der Waals surface area contributed by atoms with E-state index in [0.29, 0.717) is 5.56 Å². The quantitative estimate of drug-likeness (QED) is 0.502. The number of nitrogens with zero attached hydrogens (tertiary/aromatic N) is 1. The maximum absolute atomic E-state index is 13.3. The third kappa shape index (κ3) is 4.30. The van der Waals surface area contributed by atoms with Gasteiger partial charge in [-0.2, -0.15) is 0 Å². The van der Waals surface area contributed by atoms with Crippen LogP contribution in [-0.4, -0.2) is 10.8 Å². The highest BCUT2D eigenvalue weighted by atomic mass is 35.5. The smallest absolute Gasteiger partial charge is 0.270 e. The van der Waals surface area contributed by atoms with Gasteiger partial charge in [-0.05, 0) is 29.3 Å². The molecule has 27 heavy (non-hydrogen) atoms. The lowest BCUT2D eigenvalue weighted by molar-refractivity contribution is -0.384. The Kier molecular flexibility index (Phi) is 5.47. The molecular formula is C20H14ClFN2O3. The number of non-ortho nitro benzene ring substituents is 1. The number of benzene rings is 3. The summed E-state index contributed by atoms with van der Waals surface area (Å²) in [4.78, 5) is 23.0. The first-order valence-corrected chi connectivity index (χ1v) is 8.38. The fourth-order valence-corrected chi connectivity index (χ4v) is 2.93. The van der Waals surface area contributed by atoms with E-state index in [0.717, 1.165) is 11.6 Å². The molecule has 136 valence electrons. The van der Waals surface area contributed by atoms with Gasteiger partial charge in [0.25, 0.3) is 11.6 Å². The van der Waals surface area contributed by atoms with Crippen molar-refractivity contribution in [3.8, 4) is 0 Å². The van der Waals surface area contributed by atoms with Gasteiger partial charge in [-0.1, -0.05) is 54.1 Å². The number of hydrogen-bond donors (Lipinski definition) is 1. The summed E-state index contributed by atoms with van der Waals surface area (Å²) in [6.45, 7) is 0. The van der Waals surface area contributed by atoms with Crippen LogP contribution in [0.5, 0.6) is 0 Å². The number of hydrogen-bond acceptors (Lipinski definition) is 3. The second kappa shape index (κ2) is 7.97. The van der Waals surface area contributed by atoms with Crippen LogP contribution in [0.1, 0.15) is 27.5 Å². The number of halogens is 2. The minimum Gasteiger partial charge on any atom is -0.341 e. The van der Waals surface area contributed by atoms with E-state index in [9.17, 15) is 19.3 Å². The van der Waals surface area contributed by atoms with Crippen molar-refractivity contribution in [2.45, 2.75) is 6.04 Å². The number of nitrogens with one attached hydrogen (secondary N) is 1. The molecule has 0 heterocycles. The second-order valence-corrected chi connectivity index (χ2v) is 6.20. The van der Waals surface area contributed by atoms with Gasteiger partial charge in [0.15, 0.2) is 0 Å². The first-order chi connectivity index (χ1) is 13.0. The van der Waals surface area contributed by atoms with Gasteiger partial charge in [0.05, 0.1) is 21.6 Å². The Morgan fingerprint density at radius 3 is 2.22 bits per heavy atom. The van der Waals surface area contributed by atoms with Gasteiger partial charge in [0.2, 0.25) is 0 Å². The molecule has 0 aromatic heterocycles. The molecule has 0 saturated carbocycles. The predicted octanol–water partition coefficient (Wildman–Crippen LogP) is 4.91. The van der Waals surface area contributed by atoms with E-state index in [1.807, 2.05) is 30.3 Å². The first kappa shape index (κ1) is 18.5. The minimum absolute atomic E-state index is 0.0207. The maximum atomic E-state index is 13.3. The third-order valence-corrected chi connectivity index (χ3v) is 4.33. The lowest BCUT2D eigenvalue weighted by Gasteiger charge is -2.20. The Labute approximate surface area is 159 Å². The van der Waals surface area contributed by atoms with Crippen LogP contribution in [0.25, 0.3) is 0 Å². The molecule has 1 amide bonds. The van der Waals surface area contributed by atoms with E-state index in [1.54, 1.807) is 12.1 Å². The lowest BCUT2D eigenvalue weighted by Crippen LogP contribution is -2.29. The van der Waals surface area contributed by atoms with Gasteiger partial charge >= 0.3 is 0 Å². The molecule has 0 saturated heterocycles. The molecule has 0 aliphatic heterocycles. The van der Waals surface area contributed by atoms with Gasteiger partial charge < -0.3 is 5.32 Å². The fourth-order valence-electron chi connectivity index (χ4n) is 2.67. The molecule has 3 rings (SSSR count). The van der Waals surface area contributed by atoms with Crippen LogP contribution in [0.15, 0.2) is 72.8 Å². The molecule has 1 N–H and O–H groups in total. The van der Waals surface area contributed by atoms with Crippen molar-refractivity contribution in [1.82, 2.24) is 5.32 Å². The maximum Gasteiger partial charge on any atom is 0.270 e. The highest BCUT2D eigenvalue weighted by molar-refractivity contribution is 6.34. The highest BCUT2D eigenvalue weighted by Gasteiger charge is 2.20. The normalized spacial score (nSPS) is 11.6. The van der Waals surface area contributed by atoms with Crippen molar-refractivity contribution in [1.29, 1.82) is 0 Å². The molecule has 0 bridgehead atoms. The molecule has 7 heteroatoms. The Hall–Kier alpha value is -3.25. The summed E-state index contributed by atoms with van der Waals surface area (Å²) >= 11 is 6.05. The number of carbonyl (C=O) groups excluding carboxylic acids is 1. The first-order valence-electron chi connectivity index (χ1n) is 8.01. The molecule has 0 spiro atoms. The molecular weight excluding hydrogens is 371 g/mol. The van der Waals surface area contributed by atoms with E-state index in [-0.39, 0.29) is 22.1 Å². The summed E-state index contributed by atoms with van der Waals surface area (Å²) in [5, 5.41) is 13.7. The second-order valence-electron chi connectivity index (χ2n) is 5.79. The molecule has 1 unspecified atom stereocenters. The molecule has 1 atom stereocenters. The number of nitro groups is 1. The zero-order valence-electron chi connectivity index (χ0n) is 13.9. The van der Waals surface area contributed by atoms with Gasteiger partial charge in [-0.15, -0.1) is 0 Å². The lowest BCUT2D eigenvalue weighted by atomic mass is 9.98. The van der Waals surface area contributed by atoms with Crippen LogP contribution in [0.3, 0.4) is 0 Å². The molecule has 0 aliphatic rings. The Morgan fingerprint density at radius 1 is 1.00 bits per heavy atom. The predicted molar refractivity (Wildman–Crippen MR) is 100 cm³/mol. The van der Waals surface area contributed by atoms with Crippen LogP contribution >= 0.6 is 11.6 Å². The summed E-state index contributed by atoms with van der Waals surface area (Å²) in [7, 11) is 0. The van der Waals surface area contributed by atoms with Gasteiger partial charge in [0.1, 0.15) is 5.82 Å². The van der Waals surface area contributed by atoms with E-state index in [1.165, 1.54) is 24.3 Å². The van der Waals surface area contributed by atoms with Crippen molar-refractivity contribution in [2.75, 3.05) is 0 Å². The summed E-state index contributed by atoms with van der Waals surface area (Å²) in [6.07, 6.45) is 0. The summed E-state index contributed by atoms with van der Waals surface area (Å²) < 4.78 is 13.3. The Bertz CT molecular complexity index is 978. The van der Waals surface area contributed by atoms with E-state index in [2.05, 4.69) is 5.32 Å². The van der Waals surface area contributed by atoms with Crippen LogP contribution < -0.4 is 5.32 Å². The number of amides is 1. The van der Waals surface area contributed by atoms with Crippen LogP contribution in [0.2, 0.25) is 5.02 Å². The van der Waals surface area contributed by atoms with Gasteiger partial charge in [-0.3, -0.25) is 14.9 Å². The van der Waals surface area contributed by atoms with E-state index < -0.39 is 16.9 Å². The summed E-state index contributed by atoms with van der Waals surface area (Å²) in [5.74, 6) is -0.872. The number of nitro benzene ring substituents is 1. The molecule has 0 aliphatic carbocycles. The van der Waals surface area contributed by atoms with Gasteiger partial charge in [-0.25, -0.2) is 4.39 Å². The zero-order valence-corrected chi connectivity index (χ0v) is 14.7.